The average Bonchev–Trinajstić information content (AvgIpc) is 3.12. The third kappa shape index (κ3) is 3.03. The minimum atomic E-state index is -0.0601. The van der Waals surface area contributed by atoms with Crippen LogP contribution in [-0.2, 0) is 16.1 Å². The molecule has 0 radical (unpaired) electrons. The normalized spacial score (nSPS) is 33.5. The van der Waals surface area contributed by atoms with Crippen LogP contribution in [0.4, 0.5) is 0 Å². The maximum Gasteiger partial charge on any atom is 0.325 e. The van der Waals surface area contributed by atoms with Gasteiger partial charge in [0.25, 0.3) is 0 Å². The second kappa shape index (κ2) is 5.94. The van der Waals surface area contributed by atoms with Crippen molar-refractivity contribution in [3.05, 3.63) is 35.9 Å². The summed E-state index contributed by atoms with van der Waals surface area (Å²) in [5.74, 6) is 0.695. The van der Waals surface area contributed by atoms with E-state index in [1.54, 1.807) is 0 Å². The molecule has 1 aliphatic heterocycles. The van der Waals surface area contributed by atoms with E-state index in [1.165, 1.54) is 25.5 Å². The number of methoxy groups -OCH3 is 1. The molecule has 1 aromatic rings. The van der Waals surface area contributed by atoms with Gasteiger partial charge in [0, 0.05) is 12.1 Å². The fraction of sp³-hybridized carbons (Fsp3) is 0.650. The Balaban J connectivity index is 1.73. The van der Waals surface area contributed by atoms with E-state index in [9.17, 15) is 4.79 Å². The summed E-state index contributed by atoms with van der Waals surface area (Å²) in [6.45, 7) is 7.85. The molecule has 3 heteroatoms. The van der Waals surface area contributed by atoms with Crippen molar-refractivity contribution in [2.45, 2.75) is 64.6 Å². The number of carbonyl (C=O) groups excluding carboxylic acids is 1. The molecule has 0 aromatic heterocycles. The number of rotatable bonds is 3. The minimum absolute atomic E-state index is 0.0463. The highest BCUT2D eigenvalue weighted by Gasteiger charge is 2.67. The van der Waals surface area contributed by atoms with Crippen LogP contribution in [-0.4, -0.2) is 29.6 Å². The number of benzene rings is 1. The second-order valence-corrected chi connectivity index (χ2v) is 8.28. The highest BCUT2D eigenvalue weighted by Crippen LogP contribution is 2.55. The molecule has 3 rings (SSSR count). The van der Waals surface area contributed by atoms with Gasteiger partial charge in [-0.2, -0.15) is 0 Å². The highest BCUT2D eigenvalue weighted by atomic mass is 16.5. The number of hydrogen-bond donors (Lipinski definition) is 0. The van der Waals surface area contributed by atoms with Gasteiger partial charge in [-0.3, -0.25) is 9.69 Å². The molecule has 1 saturated heterocycles. The quantitative estimate of drug-likeness (QED) is 0.623. The highest BCUT2D eigenvalue weighted by molar-refractivity contribution is 5.82. The molecule has 126 valence electrons. The lowest BCUT2D eigenvalue weighted by atomic mass is 9.69. The molecule has 2 aliphatic rings. The van der Waals surface area contributed by atoms with Crippen LogP contribution in [0.1, 0.15) is 52.0 Å². The summed E-state index contributed by atoms with van der Waals surface area (Å²) in [7, 11) is 1.51. The Labute approximate surface area is 140 Å². The lowest BCUT2D eigenvalue weighted by molar-refractivity contribution is -0.141. The zero-order valence-electron chi connectivity index (χ0n) is 14.8. The monoisotopic (exact) mass is 315 g/mol. The van der Waals surface area contributed by atoms with Crippen molar-refractivity contribution in [1.29, 1.82) is 0 Å². The van der Waals surface area contributed by atoms with Crippen molar-refractivity contribution in [2.75, 3.05) is 7.11 Å². The molecule has 23 heavy (non-hydrogen) atoms. The van der Waals surface area contributed by atoms with Crippen LogP contribution >= 0.6 is 0 Å². The minimum Gasteiger partial charge on any atom is -0.468 e. The van der Waals surface area contributed by atoms with E-state index in [4.69, 9.17) is 4.74 Å². The number of hydrogen-bond acceptors (Lipinski definition) is 3. The summed E-state index contributed by atoms with van der Waals surface area (Å²) in [6.07, 6.45) is 4.65. The zero-order valence-corrected chi connectivity index (χ0v) is 14.8. The predicted octanol–water partition coefficient (Wildman–Crippen LogP) is 4.02. The van der Waals surface area contributed by atoms with Gasteiger partial charge < -0.3 is 4.74 Å². The number of ether oxygens (including phenoxy) is 1. The van der Waals surface area contributed by atoms with Crippen molar-refractivity contribution >= 4 is 5.97 Å². The predicted molar refractivity (Wildman–Crippen MR) is 91.9 cm³/mol. The maximum atomic E-state index is 12.3. The first kappa shape index (κ1) is 16.5. The van der Waals surface area contributed by atoms with Crippen LogP contribution in [0.25, 0.3) is 0 Å². The molecule has 1 saturated carbocycles. The largest absolute Gasteiger partial charge is 0.468 e. The van der Waals surface area contributed by atoms with Crippen LogP contribution in [0.2, 0.25) is 0 Å². The fourth-order valence-electron chi connectivity index (χ4n) is 4.47. The topological polar surface area (TPSA) is 29.3 Å². The van der Waals surface area contributed by atoms with Crippen molar-refractivity contribution in [3.63, 3.8) is 0 Å². The Kier molecular flexibility index (Phi) is 4.26. The summed E-state index contributed by atoms with van der Waals surface area (Å²) in [6, 6.07) is 10.4. The lowest BCUT2D eigenvalue weighted by Crippen LogP contribution is -2.33. The molecule has 1 aromatic carbocycles. The molecule has 1 spiro atoms. The lowest BCUT2D eigenvalue weighted by Gasteiger charge is -2.37. The van der Waals surface area contributed by atoms with Gasteiger partial charge in [-0.1, -0.05) is 51.1 Å². The summed E-state index contributed by atoms with van der Waals surface area (Å²) in [5, 5.41) is 0. The van der Waals surface area contributed by atoms with Crippen LogP contribution in [0.15, 0.2) is 30.3 Å². The van der Waals surface area contributed by atoms with Crippen molar-refractivity contribution in [1.82, 2.24) is 4.90 Å². The molecule has 0 bridgehead atoms. The Morgan fingerprint density at radius 1 is 1.22 bits per heavy atom. The molecular formula is C20H29NO2. The first-order chi connectivity index (χ1) is 10.9. The second-order valence-electron chi connectivity index (χ2n) is 8.28. The van der Waals surface area contributed by atoms with Crippen LogP contribution in [0.3, 0.4) is 0 Å². The van der Waals surface area contributed by atoms with Gasteiger partial charge >= 0.3 is 5.97 Å². The SMILES string of the molecule is COC(=O)[C@@H]1N(Cc2ccccc2)C12CCC(C(C)(C)C)CC2. The summed E-state index contributed by atoms with van der Waals surface area (Å²) >= 11 is 0. The van der Waals surface area contributed by atoms with Crippen molar-refractivity contribution in [3.8, 4) is 0 Å². The van der Waals surface area contributed by atoms with E-state index in [2.05, 4.69) is 49.9 Å². The Morgan fingerprint density at radius 2 is 1.83 bits per heavy atom. The number of carbonyl (C=O) groups is 1. The van der Waals surface area contributed by atoms with Gasteiger partial charge in [-0.25, -0.2) is 0 Å². The molecule has 1 heterocycles. The molecule has 1 unspecified atom stereocenters. The van der Waals surface area contributed by atoms with Gasteiger partial charge in [0.1, 0.15) is 6.04 Å². The van der Waals surface area contributed by atoms with Crippen molar-refractivity contribution in [2.24, 2.45) is 11.3 Å². The van der Waals surface area contributed by atoms with Gasteiger partial charge in [0.2, 0.25) is 0 Å². The fourth-order valence-corrected chi connectivity index (χ4v) is 4.47. The molecule has 0 N–H and O–H groups in total. The first-order valence-corrected chi connectivity index (χ1v) is 8.77. The molecule has 1 aliphatic carbocycles. The van der Waals surface area contributed by atoms with E-state index in [1.807, 2.05) is 6.07 Å². The molecule has 0 amide bonds. The van der Waals surface area contributed by atoms with Gasteiger partial charge in [0.15, 0.2) is 0 Å². The summed E-state index contributed by atoms with van der Waals surface area (Å²) < 4.78 is 5.08. The van der Waals surface area contributed by atoms with E-state index in [-0.39, 0.29) is 17.6 Å². The van der Waals surface area contributed by atoms with E-state index < -0.39 is 0 Å². The number of nitrogens with zero attached hydrogens (tertiary/aromatic N) is 1. The van der Waals surface area contributed by atoms with Gasteiger partial charge in [0.05, 0.1) is 7.11 Å². The average molecular weight is 315 g/mol. The third-order valence-electron chi connectivity index (χ3n) is 6.02. The van der Waals surface area contributed by atoms with E-state index in [0.29, 0.717) is 5.41 Å². The van der Waals surface area contributed by atoms with E-state index in [0.717, 1.165) is 25.3 Å². The summed E-state index contributed by atoms with van der Waals surface area (Å²) in [4.78, 5) is 14.6. The molecular weight excluding hydrogens is 286 g/mol. The molecule has 3 nitrogen and oxygen atoms in total. The van der Waals surface area contributed by atoms with Crippen LogP contribution < -0.4 is 0 Å². The summed E-state index contributed by atoms with van der Waals surface area (Å²) in [5.41, 5.74) is 1.68. The van der Waals surface area contributed by atoms with Crippen LogP contribution in [0, 0.1) is 11.3 Å². The van der Waals surface area contributed by atoms with E-state index >= 15 is 0 Å². The molecule has 2 atom stereocenters. The zero-order chi connectivity index (χ0) is 16.7. The van der Waals surface area contributed by atoms with Gasteiger partial charge in [-0.15, -0.1) is 0 Å². The standard InChI is InChI=1S/C20H29NO2/c1-19(2,3)16-10-12-20(13-11-16)17(18(22)23-4)21(20)14-15-8-6-5-7-9-15/h5-9,16-17H,10-14H2,1-4H3/t16?,17-,20?,21?/m0/s1. The third-order valence-corrected chi connectivity index (χ3v) is 6.02. The molecule has 2 fully saturated rings. The Hall–Kier alpha value is -1.35. The smallest absolute Gasteiger partial charge is 0.325 e. The maximum absolute atomic E-state index is 12.3. The van der Waals surface area contributed by atoms with Crippen LogP contribution in [0.5, 0.6) is 0 Å². The Morgan fingerprint density at radius 3 is 2.35 bits per heavy atom. The Bertz CT molecular complexity index is 553. The van der Waals surface area contributed by atoms with Gasteiger partial charge in [-0.05, 0) is 42.6 Å². The number of esters is 1. The van der Waals surface area contributed by atoms with Crippen molar-refractivity contribution < 1.29 is 9.53 Å². The first-order valence-electron chi connectivity index (χ1n) is 8.77.